The van der Waals surface area contributed by atoms with Crippen LogP contribution in [0, 0.1) is 6.92 Å². The number of pyridine rings is 1. The van der Waals surface area contributed by atoms with E-state index in [-0.39, 0.29) is 18.7 Å². The molecule has 1 aliphatic heterocycles. The first-order chi connectivity index (χ1) is 14.1. The van der Waals surface area contributed by atoms with E-state index in [1.165, 1.54) is 5.56 Å². The van der Waals surface area contributed by atoms with Gasteiger partial charge in [0.05, 0.1) is 11.7 Å². The molecule has 0 bridgehead atoms. The van der Waals surface area contributed by atoms with Crippen LogP contribution in [0.5, 0.6) is 0 Å². The third kappa shape index (κ3) is 4.08. The Hall–Kier alpha value is -2.22. The molecule has 1 fully saturated rings. The zero-order valence-corrected chi connectivity index (χ0v) is 18.4. The van der Waals surface area contributed by atoms with E-state index in [9.17, 15) is 5.11 Å². The Kier molecular flexibility index (Phi) is 5.99. The molecule has 2 aromatic heterocycles. The molecule has 0 spiro atoms. The summed E-state index contributed by atoms with van der Waals surface area (Å²) in [6.07, 6.45) is 2.41. The van der Waals surface area contributed by atoms with Crippen LogP contribution in [0.2, 0.25) is 0 Å². The number of hydrogen-bond acceptors (Lipinski definition) is 4. The van der Waals surface area contributed by atoms with Crippen molar-refractivity contribution < 1.29 is 9.52 Å². The Bertz CT molecular complexity index is 1010. The lowest BCUT2D eigenvalue weighted by Gasteiger charge is -2.25. The van der Waals surface area contributed by atoms with Gasteiger partial charge in [-0.2, -0.15) is 0 Å². The van der Waals surface area contributed by atoms with E-state index in [1.807, 2.05) is 30.3 Å². The highest BCUT2D eigenvalue weighted by Crippen LogP contribution is 2.41. The third-order valence-corrected chi connectivity index (χ3v) is 6.07. The summed E-state index contributed by atoms with van der Waals surface area (Å²) in [6.45, 7) is 2.81. The molecule has 0 unspecified atom stereocenters. The van der Waals surface area contributed by atoms with Crippen LogP contribution in [-0.2, 0) is 0 Å². The number of aliphatic hydroxyl groups excluding tert-OH is 1. The number of thiocarbonyl (C=S) groups is 1. The Morgan fingerprint density at radius 2 is 2.10 bits per heavy atom. The van der Waals surface area contributed by atoms with Crippen LogP contribution < -0.4 is 5.32 Å². The van der Waals surface area contributed by atoms with Gasteiger partial charge in [0.1, 0.15) is 17.6 Å². The van der Waals surface area contributed by atoms with Crippen molar-refractivity contribution in [1.29, 1.82) is 0 Å². The SMILES string of the molecule is Cc1ccc(-c2ccc([C@@H]3[C@@H](c4ccccn4)NC(=S)N3CCCO)o2)c(Br)c1. The monoisotopic (exact) mass is 471 g/mol. The van der Waals surface area contributed by atoms with Gasteiger partial charge in [-0.1, -0.05) is 28.1 Å². The maximum atomic E-state index is 9.33. The van der Waals surface area contributed by atoms with Gasteiger partial charge in [-0.15, -0.1) is 0 Å². The average Bonchev–Trinajstić information content (AvgIpc) is 3.31. The minimum Gasteiger partial charge on any atom is -0.459 e. The topological polar surface area (TPSA) is 61.5 Å². The number of aromatic nitrogens is 1. The van der Waals surface area contributed by atoms with Gasteiger partial charge in [0.25, 0.3) is 0 Å². The van der Waals surface area contributed by atoms with Crippen molar-refractivity contribution in [2.45, 2.75) is 25.4 Å². The van der Waals surface area contributed by atoms with Crippen molar-refractivity contribution in [2.75, 3.05) is 13.2 Å². The molecule has 0 radical (unpaired) electrons. The van der Waals surface area contributed by atoms with Gasteiger partial charge < -0.3 is 19.7 Å². The van der Waals surface area contributed by atoms with E-state index in [1.54, 1.807) is 6.20 Å². The highest BCUT2D eigenvalue weighted by molar-refractivity contribution is 9.10. The van der Waals surface area contributed by atoms with Crippen molar-refractivity contribution in [3.8, 4) is 11.3 Å². The largest absolute Gasteiger partial charge is 0.459 e. The first-order valence-corrected chi connectivity index (χ1v) is 10.7. The summed E-state index contributed by atoms with van der Waals surface area (Å²) in [5, 5.41) is 13.4. The number of rotatable bonds is 6. The van der Waals surface area contributed by atoms with Crippen LogP contribution >= 0.6 is 28.1 Å². The second kappa shape index (κ2) is 8.65. The number of furan rings is 1. The lowest BCUT2D eigenvalue weighted by Crippen LogP contribution is -2.30. The maximum absolute atomic E-state index is 9.33. The molecule has 150 valence electrons. The molecule has 2 N–H and O–H groups in total. The predicted octanol–water partition coefficient (Wildman–Crippen LogP) is 4.77. The molecule has 3 heterocycles. The van der Waals surface area contributed by atoms with E-state index in [4.69, 9.17) is 16.6 Å². The summed E-state index contributed by atoms with van der Waals surface area (Å²) in [4.78, 5) is 6.61. The molecule has 1 aromatic carbocycles. The minimum absolute atomic E-state index is 0.111. The molecule has 1 aliphatic rings. The molecule has 1 saturated heterocycles. The fourth-order valence-electron chi connectivity index (χ4n) is 3.67. The molecule has 5 nitrogen and oxygen atoms in total. The number of nitrogens with zero attached hydrogens (tertiary/aromatic N) is 2. The van der Waals surface area contributed by atoms with Crippen molar-refractivity contribution >= 4 is 33.3 Å². The van der Waals surface area contributed by atoms with Gasteiger partial charge >= 0.3 is 0 Å². The third-order valence-electron chi connectivity index (χ3n) is 5.06. The molecule has 3 aromatic rings. The molecular formula is C22H22BrN3O2S. The van der Waals surface area contributed by atoms with Gasteiger partial charge in [0, 0.05) is 29.4 Å². The van der Waals surface area contributed by atoms with Crippen LogP contribution in [0.1, 0.15) is 35.5 Å². The minimum atomic E-state index is -0.137. The molecule has 7 heteroatoms. The summed E-state index contributed by atoms with van der Waals surface area (Å²) in [7, 11) is 0. The quantitative estimate of drug-likeness (QED) is 0.505. The van der Waals surface area contributed by atoms with E-state index in [0.29, 0.717) is 18.1 Å². The fourth-order valence-corrected chi connectivity index (χ4v) is 4.69. The van der Waals surface area contributed by atoms with Gasteiger partial charge in [0.2, 0.25) is 0 Å². The zero-order chi connectivity index (χ0) is 20.4. The van der Waals surface area contributed by atoms with E-state index < -0.39 is 0 Å². The molecular weight excluding hydrogens is 450 g/mol. The zero-order valence-electron chi connectivity index (χ0n) is 16.0. The number of hydrogen-bond donors (Lipinski definition) is 2. The summed E-state index contributed by atoms with van der Waals surface area (Å²) < 4.78 is 7.32. The fraction of sp³-hybridized carbons (Fsp3) is 0.273. The summed E-state index contributed by atoms with van der Waals surface area (Å²) in [5.74, 6) is 1.61. The normalized spacial score (nSPS) is 18.9. The first-order valence-electron chi connectivity index (χ1n) is 9.53. The smallest absolute Gasteiger partial charge is 0.170 e. The van der Waals surface area contributed by atoms with Crippen molar-refractivity contribution in [2.24, 2.45) is 0 Å². The number of benzene rings is 1. The van der Waals surface area contributed by atoms with Crippen molar-refractivity contribution in [1.82, 2.24) is 15.2 Å². The molecule has 29 heavy (non-hydrogen) atoms. The summed E-state index contributed by atoms with van der Waals surface area (Å²) in [5.41, 5.74) is 3.09. The van der Waals surface area contributed by atoms with E-state index >= 15 is 0 Å². The van der Waals surface area contributed by atoms with Crippen LogP contribution in [0.4, 0.5) is 0 Å². The number of nitrogens with one attached hydrogen (secondary N) is 1. The van der Waals surface area contributed by atoms with Crippen LogP contribution in [-0.4, -0.2) is 33.3 Å². The van der Waals surface area contributed by atoms with Crippen molar-refractivity contribution in [3.05, 3.63) is 76.2 Å². The van der Waals surface area contributed by atoms with Gasteiger partial charge in [-0.25, -0.2) is 0 Å². The van der Waals surface area contributed by atoms with Gasteiger partial charge in [-0.3, -0.25) is 4.98 Å². The molecule has 2 atom stereocenters. The maximum Gasteiger partial charge on any atom is 0.170 e. The van der Waals surface area contributed by atoms with Crippen molar-refractivity contribution in [3.63, 3.8) is 0 Å². The Labute approximate surface area is 183 Å². The number of aryl methyl sites for hydroxylation is 1. The Morgan fingerprint density at radius 1 is 1.24 bits per heavy atom. The molecule has 0 aliphatic carbocycles. The highest BCUT2D eigenvalue weighted by atomic mass is 79.9. The lowest BCUT2D eigenvalue weighted by atomic mass is 10.0. The highest BCUT2D eigenvalue weighted by Gasteiger charge is 2.41. The molecule has 4 rings (SSSR count). The van der Waals surface area contributed by atoms with E-state index in [2.05, 4.69) is 56.3 Å². The number of halogens is 1. The average molecular weight is 472 g/mol. The second-order valence-corrected chi connectivity index (χ2v) is 8.32. The van der Waals surface area contributed by atoms with Crippen LogP contribution in [0.25, 0.3) is 11.3 Å². The standard InChI is InChI=1S/C22H22BrN3O2S/c1-14-6-7-15(16(23)13-14)18-8-9-19(28-18)21-20(17-5-2-3-10-24-17)25-22(29)26(21)11-4-12-27/h2-3,5-10,13,20-21,27H,4,11-12H2,1H3,(H,25,29)/t20-,21-/m1/s1. The molecule has 0 amide bonds. The van der Waals surface area contributed by atoms with E-state index in [0.717, 1.165) is 27.3 Å². The van der Waals surface area contributed by atoms with Gasteiger partial charge in [0.15, 0.2) is 5.11 Å². The molecule has 0 saturated carbocycles. The van der Waals surface area contributed by atoms with Crippen LogP contribution in [0.3, 0.4) is 0 Å². The Balaban J connectivity index is 1.72. The second-order valence-electron chi connectivity index (χ2n) is 7.08. The number of aliphatic hydroxyl groups is 1. The lowest BCUT2D eigenvalue weighted by molar-refractivity contribution is 0.233. The Morgan fingerprint density at radius 3 is 2.83 bits per heavy atom. The summed E-state index contributed by atoms with van der Waals surface area (Å²) >= 11 is 9.24. The van der Waals surface area contributed by atoms with Gasteiger partial charge in [-0.05, 0) is 67.5 Å². The first kappa shape index (κ1) is 20.1. The summed E-state index contributed by atoms with van der Waals surface area (Å²) in [6, 6.07) is 15.8. The predicted molar refractivity (Wildman–Crippen MR) is 120 cm³/mol. The van der Waals surface area contributed by atoms with Crippen LogP contribution in [0.15, 0.2) is 63.6 Å².